The molecular formula is C17H21ClN4OS. The zero-order valence-corrected chi connectivity index (χ0v) is 15.7. The van der Waals surface area contributed by atoms with Crippen LogP contribution in [0, 0.1) is 12.8 Å². The summed E-state index contributed by atoms with van der Waals surface area (Å²) in [4.78, 5) is 18.0. The summed E-state index contributed by atoms with van der Waals surface area (Å²) in [6, 6.07) is 0. The number of halogens is 1. The first-order valence-corrected chi connectivity index (χ1v) is 9.34. The molecule has 0 saturated carbocycles. The average Bonchev–Trinajstić information content (AvgIpc) is 3.05. The summed E-state index contributed by atoms with van der Waals surface area (Å²) in [6.45, 7) is 4.10. The molecule has 0 fully saturated rings. The summed E-state index contributed by atoms with van der Waals surface area (Å²) in [5.74, 6) is 0.546. The van der Waals surface area contributed by atoms with Crippen LogP contribution in [0.1, 0.15) is 41.6 Å². The van der Waals surface area contributed by atoms with Crippen LogP contribution in [0.5, 0.6) is 0 Å². The van der Waals surface area contributed by atoms with Crippen molar-refractivity contribution < 1.29 is 4.79 Å². The highest BCUT2D eigenvalue weighted by atomic mass is 35.5. The molecule has 0 radical (unpaired) electrons. The Hall–Kier alpha value is -1.66. The van der Waals surface area contributed by atoms with Gasteiger partial charge >= 0.3 is 0 Å². The highest BCUT2D eigenvalue weighted by Crippen LogP contribution is 2.33. The number of rotatable bonds is 4. The van der Waals surface area contributed by atoms with E-state index >= 15 is 0 Å². The van der Waals surface area contributed by atoms with Crippen molar-refractivity contribution in [2.75, 3.05) is 5.32 Å². The maximum absolute atomic E-state index is 12.1. The minimum Gasteiger partial charge on any atom is -0.298 e. The average molecular weight is 365 g/mol. The lowest BCUT2D eigenvalue weighted by molar-refractivity contribution is -0.111. The molecule has 1 unspecified atom stereocenters. The Kier molecular flexibility index (Phi) is 5.06. The van der Waals surface area contributed by atoms with E-state index in [9.17, 15) is 4.79 Å². The number of nitrogens with one attached hydrogen (secondary N) is 1. The van der Waals surface area contributed by atoms with Gasteiger partial charge in [-0.3, -0.25) is 14.8 Å². The Morgan fingerprint density at radius 2 is 2.33 bits per heavy atom. The van der Waals surface area contributed by atoms with Crippen molar-refractivity contribution in [1.29, 1.82) is 0 Å². The number of hydrogen-bond donors (Lipinski definition) is 1. The van der Waals surface area contributed by atoms with Gasteiger partial charge in [-0.25, -0.2) is 4.98 Å². The van der Waals surface area contributed by atoms with Gasteiger partial charge in [0.15, 0.2) is 5.13 Å². The number of carbonyl (C=O) groups excluding carboxylic acids is 1. The molecule has 2 heterocycles. The summed E-state index contributed by atoms with van der Waals surface area (Å²) in [7, 11) is 1.77. The first kappa shape index (κ1) is 17.2. The van der Waals surface area contributed by atoms with Gasteiger partial charge in [-0.2, -0.15) is 5.10 Å². The molecular weight excluding hydrogens is 344 g/mol. The topological polar surface area (TPSA) is 59.8 Å². The van der Waals surface area contributed by atoms with Crippen molar-refractivity contribution in [3.63, 3.8) is 0 Å². The minimum absolute atomic E-state index is 0.201. The van der Waals surface area contributed by atoms with Gasteiger partial charge < -0.3 is 0 Å². The first-order valence-electron chi connectivity index (χ1n) is 8.14. The monoisotopic (exact) mass is 364 g/mol. The number of carbonyl (C=O) groups is 1. The van der Waals surface area contributed by atoms with Gasteiger partial charge in [0.25, 0.3) is 0 Å². The minimum atomic E-state index is -0.201. The van der Waals surface area contributed by atoms with Crippen molar-refractivity contribution >= 4 is 40.1 Å². The molecule has 7 heteroatoms. The van der Waals surface area contributed by atoms with Crippen molar-refractivity contribution in [3.8, 4) is 0 Å². The lowest BCUT2D eigenvalue weighted by Gasteiger charge is -2.18. The number of anilines is 1. The molecule has 128 valence electrons. The molecule has 1 atom stereocenters. The largest absolute Gasteiger partial charge is 0.298 e. The molecule has 1 aliphatic rings. The summed E-state index contributed by atoms with van der Waals surface area (Å²) in [5.41, 5.74) is 2.70. The highest BCUT2D eigenvalue weighted by molar-refractivity contribution is 7.15. The molecule has 1 N–H and O–H groups in total. The quantitative estimate of drug-likeness (QED) is 0.834. The van der Waals surface area contributed by atoms with Gasteiger partial charge in [-0.05, 0) is 38.2 Å². The predicted molar refractivity (Wildman–Crippen MR) is 98.5 cm³/mol. The number of aryl methyl sites for hydroxylation is 3. The lowest BCUT2D eigenvalue weighted by Crippen LogP contribution is -2.11. The molecule has 2 aromatic rings. The molecule has 0 aromatic carbocycles. The van der Waals surface area contributed by atoms with Crippen LogP contribution >= 0.6 is 22.9 Å². The van der Waals surface area contributed by atoms with Gasteiger partial charge in [0.05, 0.1) is 11.4 Å². The number of amides is 1. The molecule has 0 bridgehead atoms. The number of fused-ring (bicyclic) bond motifs is 1. The molecule has 0 spiro atoms. The zero-order chi connectivity index (χ0) is 17.3. The third kappa shape index (κ3) is 3.54. The van der Waals surface area contributed by atoms with Gasteiger partial charge in [-0.1, -0.05) is 24.9 Å². The van der Waals surface area contributed by atoms with Crippen molar-refractivity contribution in [1.82, 2.24) is 14.8 Å². The van der Waals surface area contributed by atoms with Crippen LogP contribution in [0.4, 0.5) is 5.13 Å². The van der Waals surface area contributed by atoms with E-state index in [1.54, 1.807) is 29.1 Å². The highest BCUT2D eigenvalue weighted by Gasteiger charge is 2.21. The van der Waals surface area contributed by atoms with Gasteiger partial charge in [-0.15, -0.1) is 11.3 Å². The SMILES string of the molecule is CCC1CCc2nc(NC(=O)/C=C/c3c(C)nn(C)c3Cl)sc2C1. The van der Waals surface area contributed by atoms with Crippen molar-refractivity contribution in [2.45, 2.75) is 39.5 Å². The maximum atomic E-state index is 12.1. The second kappa shape index (κ2) is 7.07. The smallest absolute Gasteiger partial charge is 0.250 e. The Balaban J connectivity index is 1.67. The summed E-state index contributed by atoms with van der Waals surface area (Å²) in [5, 5.41) is 8.28. The van der Waals surface area contributed by atoms with Crippen molar-refractivity contribution in [2.24, 2.45) is 13.0 Å². The van der Waals surface area contributed by atoms with Crippen LogP contribution in [0.2, 0.25) is 5.15 Å². The number of thiazole rings is 1. The van der Waals surface area contributed by atoms with Crippen LogP contribution in [0.15, 0.2) is 6.08 Å². The zero-order valence-electron chi connectivity index (χ0n) is 14.1. The summed E-state index contributed by atoms with van der Waals surface area (Å²) in [6.07, 6.45) is 7.66. The van der Waals surface area contributed by atoms with Crippen LogP contribution in [-0.2, 0) is 24.7 Å². The second-order valence-corrected chi connectivity index (χ2v) is 7.58. The van der Waals surface area contributed by atoms with E-state index in [-0.39, 0.29) is 5.91 Å². The lowest BCUT2D eigenvalue weighted by atomic mass is 9.89. The first-order chi connectivity index (χ1) is 11.5. The fourth-order valence-corrected chi connectivity index (χ4v) is 4.35. The van der Waals surface area contributed by atoms with Gasteiger partial charge in [0.2, 0.25) is 5.91 Å². The fourth-order valence-electron chi connectivity index (χ4n) is 2.99. The van der Waals surface area contributed by atoms with Crippen LogP contribution in [0.25, 0.3) is 6.08 Å². The van der Waals surface area contributed by atoms with E-state index < -0.39 is 0 Å². The van der Waals surface area contributed by atoms with Gasteiger partial charge in [0.1, 0.15) is 5.15 Å². The molecule has 1 aliphatic carbocycles. The Morgan fingerprint density at radius 3 is 3.00 bits per heavy atom. The van der Waals surface area contributed by atoms with E-state index in [4.69, 9.17) is 11.6 Å². The Labute approximate surface area is 150 Å². The molecule has 1 amide bonds. The maximum Gasteiger partial charge on any atom is 0.250 e. The van der Waals surface area contributed by atoms with Crippen LogP contribution < -0.4 is 5.32 Å². The van der Waals surface area contributed by atoms with E-state index in [1.807, 2.05) is 6.92 Å². The molecule has 0 saturated heterocycles. The van der Waals surface area contributed by atoms with Crippen LogP contribution in [-0.4, -0.2) is 20.7 Å². The Bertz CT molecular complexity index is 793. The standard InChI is InChI=1S/C17H21ClN4OS/c1-4-11-5-7-13-14(9-11)24-17(19-13)20-15(23)8-6-12-10(2)21-22(3)16(12)18/h6,8,11H,4-5,7,9H2,1-3H3,(H,19,20,23)/b8-6+. The molecule has 2 aromatic heterocycles. The van der Waals surface area contributed by atoms with E-state index in [0.717, 1.165) is 35.7 Å². The number of hydrogen-bond acceptors (Lipinski definition) is 4. The normalized spacial score (nSPS) is 17.2. The number of nitrogens with zero attached hydrogens (tertiary/aromatic N) is 3. The predicted octanol–water partition coefficient (Wildman–Crippen LogP) is 4.01. The second-order valence-electron chi connectivity index (χ2n) is 6.14. The third-order valence-electron chi connectivity index (χ3n) is 4.45. The summed E-state index contributed by atoms with van der Waals surface area (Å²) >= 11 is 7.76. The molecule has 24 heavy (non-hydrogen) atoms. The van der Waals surface area contributed by atoms with Gasteiger partial charge in [0, 0.05) is 23.6 Å². The summed E-state index contributed by atoms with van der Waals surface area (Å²) < 4.78 is 1.59. The van der Waals surface area contributed by atoms with E-state index in [1.165, 1.54) is 23.8 Å². The fraction of sp³-hybridized carbons (Fsp3) is 0.471. The number of aromatic nitrogens is 3. The third-order valence-corrected chi connectivity index (χ3v) is 5.93. The van der Waals surface area contributed by atoms with Crippen molar-refractivity contribution in [3.05, 3.63) is 33.1 Å². The molecule has 3 rings (SSSR count). The molecule has 0 aliphatic heterocycles. The van der Waals surface area contributed by atoms with E-state index in [0.29, 0.717) is 10.3 Å². The van der Waals surface area contributed by atoms with Crippen LogP contribution in [0.3, 0.4) is 0 Å². The Morgan fingerprint density at radius 1 is 1.54 bits per heavy atom. The van der Waals surface area contributed by atoms with E-state index in [2.05, 4.69) is 22.3 Å². The molecule has 5 nitrogen and oxygen atoms in total.